The second kappa shape index (κ2) is 7.66. The van der Waals surface area contributed by atoms with Crippen LogP contribution in [0.1, 0.15) is 16.8 Å². The largest absolute Gasteiger partial charge is 0.508 e. The number of nitrogens with zero attached hydrogens (tertiary/aromatic N) is 2. The van der Waals surface area contributed by atoms with Crippen molar-refractivity contribution in [2.24, 2.45) is 5.92 Å². The van der Waals surface area contributed by atoms with E-state index in [4.69, 9.17) is 0 Å². The fourth-order valence-corrected chi connectivity index (χ4v) is 3.08. The predicted molar refractivity (Wildman–Crippen MR) is 88.8 cm³/mol. The summed E-state index contributed by atoms with van der Waals surface area (Å²) in [5.41, 5.74) is 0.486. The molecular formula is C16H22ClN3O3. The van der Waals surface area contributed by atoms with E-state index in [2.05, 4.69) is 5.32 Å². The van der Waals surface area contributed by atoms with Crippen molar-refractivity contribution < 1.29 is 14.7 Å². The Kier molecular flexibility index (Phi) is 5.85. The SMILES string of the molecule is Cl.O=C(c1cccc(O)c1)N1CCN(C(=O)C2CCNC2)CC1. The smallest absolute Gasteiger partial charge is 0.254 e. The molecule has 2 saturated heterocycles. The highest BCUT2D eigenvalue weighted by molar-refractivity contribution is 5.94. The Morgan fingerprint density at radius 3 is 2.43 bits per heavy atom. The lowest BCUT2D eigenvalue weighted by molar-refractivity contribution is -0.136. The molecule has 2 aliphatic rings. The summed E-state index contributed by atoms with van der Waals surface area (Å²) >= 11 is 0. The van der Waals surface area contributed by atoms with E-state index in [1.165, 1.54) is 6.07 Å². The Bertz CT molecular complexity index is 567. The van der Waals surface area contributed by atoms with E-state index in [0.29, 0.717) is 31.7 Å². The van der Waals surface area contributed by atoms with Crippen LogP contribution in [0.25, 0.3) is 0 Å². The number of aromatic hydroxyl groups is 1. The molecular weight excluding hydrogens is 318 g/mol. The Labute approximate surface area is 141 Å². The van der Waals surface area contributed by atoms with E-state index in [9.17, 15) is 14.7 Å². The van der Waals surface area contributed by atoms with Gasteiger partial charge in [0.25, 0.3) is 5.91 Å². The average molecular weight is 340 g/mol. The van der Waals surface area contributed by atoms with Gasteiger partial charge in [-0.2, -0.15) is 0 Å². The van der Waals surface area contributed by atoms with Gasteiger partial charge in [0.1, 0.15) is 5.75 Å². The van der Waals surface area contributed by atoms with Gasteiger partial charge in [-0.15, -0.1) is 12.4 Å². The van der Waals surface area contributed by atoms with E-state index in [-0.39, 0.29) is 35.9 Å². The van der Waals surface area contributed by atoms with Crippen molar-refractivity contribution >= 4 is 24.2 Å². The van der Waals surface area contributed by atoms with Crippen LogP contribution in [0, 0.1) is 5.92 Å². The number of halogens is 1. The zero-order chi connectivity index (χ0) is 15.5. The third-order valence-corrected chi connectivity index (χ3v) is 4.38. The van der Waals surface area contributed by atoms with Crippen molar-refractivity contribution in [1.82, 2.24) is 15.1 Å². The van der Waals surface area contributed by atoms with Gasteiger partial charge in [0.2, 0.25) is 5.91 Å². The van der Waals surface area contributed by atoms with Crippen LogP contribution >= 0.6 is 12.4 Å². The number of nitrogens with one attached hydrogen (secondary N) is 1. The van der Waals surface area contributed by atoms with Crippen molar-refractivity contribution in [3.63, 3.8) is 0 Å². The Hall–Kier alpha value is -1.79. The summed E-state index contributed by atoms with van der Waals surface area (Å²) in [5, 5.41) is 12.7. The van der Waals surface area contributed by atoms with Gasteiger partial charge in [-0.3, -0.25) is 9.59 Å². The van der Waals surface area contributed by atoms with Crippen molar-refractivity contribution in [1.29, 1.82) is 0 Å². The summed E-state index contributed by atoms with van der Waals surface area (Å²) < 4.78 is 0. The lowest BCUT2D eigenvalue weighted by atomic mass is 10.1. The zero-order valence-corrected chi connectivity index (χ0v) is 13.7. The quantitative estimate of drug-likeness (QED) is 0.832. The minimum atomic E-state index is -0.0921. The van der Waals surface area contributed by atoms with Crippen LogP contribution in [0.3, 0.4) is 0 Å². The molecule has 1 unspecified atom stereocenters. The monoisotopic (exact) mass is 339 g/mol. The van der Waals surface area contributed by atoms with Gasteiger partial charge in [0.05, 0.1) is 5.92 Å². The summed E-state index contributed by atoms with van der Waals surface area (Å²) in [6, 6.07) is 6.38. The highest BCUT2D eigenvalue weighted by Gasteiger charge is 2.30. The highest BCUT2D eigenvalue weighted by Crippen LogP contribution is 2.16. The standard InChI is InChI=1S/C16H21N3O3.ClH/c20-14-3-1-2-12(10-14)15(21)18-6-8-19(9-7-18)16(22)13-4-5-17-11-13;/h1-3,10,13,17,20H,4-9,11H2;1H. The molecule has 3 rings (SSSR count). The van der Waals surface area contributed by atoms with E-state index >= 15 is 0 Å². The molecule has 126 valence electrons. The van der Waals surface area contributed by atoms with Crippen LogP contribution in [0.2, 0.25) is 0 Å². The lowest BCUT2D eigenvalue weighted by Crippen LogP contribution is -2.52. The molecule has 0 bridgehead atoms. The Morgan fingerprint density at radius 2 is 1.83 bits per heavy atom. The number of phenolic OH excluding ortho intramolecular Hbond substituents is 1. The molecule has 2 N–H and O–H groups in total. The van der Waals surface area contributed by atoms with Gasteiger partial charge in [0, 0.05) is 38.3 Å². The second-order valence-electron chi connectivity index (χ2n) is 5.86. The maximum absolute atomic E-state index is 12.4. The number of amides is 2. The molecule has 2 fully saturated rings. The van der Waals surface area contributed by atoms with E-state index in [1.54, 1.807) is 23.1 Å². The number of hydrogen-bond acceptors (Lipinski definition) is 4. The van der Waals surface area contributed by atoms with Crippen LogP contribution in [0.15, 0.2) is 24.3 Å². The molecule has 0 aromatic heterocycles. The molecule has 0 saturated carbocycles. The number of rotatable bonds is 2. The highest BCUT2D eigenvalue weighted by atomic mass is 35.5. The number of phenols is 1. The molecule has 1 atom stereocenters. The van der Waals surface area contributed by atoms with Gasteiger partial charge >= 0.3 is 0 Å². The molecule has 23 heavy (non-hydrogen) atoms. The van der Waals surface area contributed by atoms with Crippen molar-refractivity contribution in [3.05, 3.63) is 29.8 Å². The number of carbonyl (C=O) groups excluding carboxylic acids is 2. The van der Waals surface area contributed by atoms with Gasteiger partial charge in [0.15, 0.2) is 0 Å². The number of piperazine rings is 1. The summed E-state index contributed by atoms with van der Waals surface area (Å²) in [5.74, 6) is 0.293. The molecule has 0 radical (unpaired) electrons. The summed E-state index contributed by atoms with van der Waals surface area (Å²) in [6.07, 6.45) is 0.904. The molecule has 7 heteroatoms. The van der Waals surface area contributed by atoms with Gasteiger partial charge in [-0.25, -0.2) is 0 Å². The van der Waals surface area contributed by atoms with Crippen LogP contribution in [0.5, 0.6) is 5.75 Å². The van der Waals surface area contributed by atoms with E-state index < -0.39 is 0 Å². The van der Waals surface area contributed by atoms with Crippen molar-refractivity contribution in [3.8, 4) is 5.75 Å². The topological polar surface area (TPSA) is 72.9 Å². The summed E-state index contributed by atoms with van der Waals surface area (Å²) in [4.78, 5) is 28.3. The average Bonchev–Trinajstić information content (AvgIpc) is 3.08. The molecule has 1 aromatic rings. The molecule has 0 aliphatic carbocycles. The van der Waals surface area contributed by atoms with Crippen molar-refractivity contribution in [2.75, 3.05) is 39.3 Å². The maximum Gasteiger partial charge on any atom is 0.254 e. The van der Waals surface area contributed by atoms with Crippen LogP contribution in [-0.4, -0.2) is 66.0 Å². The molecule has 2 aliphatic heterocycles. The summed E-state index contributed by atoms with van der Waals surface area (Å²) in [7, 11) is 0. The molecule has 0 spiro atoms. The fourth-order valence-electron chi connectivity index (χ4n) is 3.08. The first-order valence-electron chi connectivity index (χ1n) is 7.73. The molecule has 1 aromatic carbocycles. The second-order valence-corrected chi connectivity index (χ2v) is 5.86. The molecule has 2 heterocycles. The van der Waals surface area contributed by atoms with Crippen LogP contribution in [0.4, 0.5) is 0 Å². The first kappa shape index (κ1) is 17.6. The van der Waals surface area contributed by atoms with Gasteiger partial charge in [-0.05, 0) is 31.2 Å². The van der Waals surface area contributed by atoms with Gasteiger partial charge in [-0.1, -0.05) is 6.07 Å². The summed E-state index contributed by atoms with van der Waals surface area (Å²) in [6.45, 7) is 3.92. The third kappa shape index (κ3) is 3.95. The number of hydrogen-bond donors (Lipinski definition) is 2. The van der Waals surface area contributed by atoms with E-state index in [0.717, 1.165) is 19.5 Å². The Balaban J connectivity index is 0.00000192. The minimum Gasteiger partial charge on any atom is -0.508 e. The number of carbonyl (C=O) groups is 2. The van der Waals surface area contributed by atoms with Crippen molar-refractivity contribution in [2.45, 2.75) is 6.42 Å². The zero-order valence-electron chi connectivity index (χ0n) is 12.9. The number of benzene rings is 1. The predicted octanol–water partition coefficient (Wildman–Crippen LogP) is 0.708. The first-order chi connectivity index (χ1) is 10.6. The minimum absolute atomic E-state index is 0. The Morgan fingerprint density at radius 1 is 1.13 bits per heavy atom. The van der Waals surface area contributed by atoms with Crippen LogP contribution in [-0.2, 0) is 4.79 Å². The van der Waals surface area contributed by atoms with E-state index in [1.807, 2.05) is 4.90 Å². The van der Waals surface area contributed by atoms with Crippen LogP contribution < -0.4 is 5.32 Å². The first-order valence-corrected chi connectivity index (χ1v) is 7.73. The van der Waals surface area contributed by atoms with Gasteiger partial charge < -0.3 is 20.2 Å². The normalized spacial score (nSPS) is 21.0. The fraction of sp³-hybridized carbons (Fsp3) is 0.500. The lowest BCUT2D eigenvalue weighted by Gasteiger charge is -2.36. The third-order valence-electron chi connectivity index (χ3n) is 4.38. The molecule has 6 nitrogen and oxygen atoms in total. The molecule has 2 amide bonds. The maximum atomic E-state index is 12.4.